The van der Waals surface area contributed by atoms with Crippen molar-refractivity contribution in [2.24, 2.45) is 0 Å². The van der Waals surface area contributed by atoms with Crippen molar-refractivity contribution in [1.82, 2.24) is 4.98 Å². The van der Waals surface area contributed by atoms with Crippen molar-refractivity contribution >= 4 is 5.97 Å². The first-order chi connectivity index (χ1) is 8.13. The molecular formula is C13H13NO3. The topological polar surface area (TPSA) is 63.3 Å². The lowest BCUT2D eigenvalue weighted by Crippen LogP contribution is -2.00. The summed E-state index contributed by atoms with van der Waals surface area (Å²) in [4.78, 5) is 15.4. The molecule has 0 aliphatic heterocycles. The van der Waals surface area contributed by atoms with Gasteiger partial charge in [-0.25, -0.2) is 9.78 Å². The quantitative estimate of drug-likeness (QED) is 0.882. The van der Waals surface area contributed by atoms with E-state index < -0.39 is 5.97 Å². The lowest BCUT2D eigenvalue weighted by Gasteiger charge is -2.03. The van der Waals surface area contributed by atoms with Crippen LogP contribution in [0.15, 0.2) is 28.7 Å². The van der Waals surface area contributed by atoms with Gasteiger partial charge in [-0.2, -0.15) is 0 Å². The zero-order valence-corrected chi connectivity index (χ0v) is 9.73. The van der Waals surface area contributed by atoms with Crippen LogP contribution in [0.5, 0.6) is 0 Å². The van der Waals surface area contributed by atoms with Crippen molar-refractivity contribution in [3.63, 3.8) is 0 Å². The molecule has 88 valence electrons. The summed E-state index contributed by atoms with van der Waals surface area (Å²) in [5.41, 5.74) is 1.48. The van der Waals surface area contributed by atoms with Gasteiger partial charge in [0.2, 0.25) is 0 Å². The zero-order chi connectivity index (χ0) is 12.4. The molecule has 1 aromatic carbocycles. The standard InChI is InChI=1S/C13H13NO3/c1-3-11-12(14-8(2)17-11)9-6-4-5-7-10(9)13(15)16/h4-7H,3H2,1-2H3,(H,15,16). The van der Waals surface area contributed by atoms with Gasteiger partial charge in [0.25, 0.3) is 0 Å². The van der Waals surface area contributed by atoms with Crippen molar-refractivity contribution in [2.75, 3.05) is 0 Å². The molecule has 2 aromatic rings. The second-order valence-electron chi connectivity index (χ2n) is 3.71. The Kier molecular flexibility index (Phi) is 2.95. The Hall–Kier alpha value is -2.10. The number of aromatic carboxylic acids is 1. The highest BCUT2D eigenvalue weighted by atomic mass is 16.4. The van der Waals surface area contributed by atoms with E-state index in [9.17, 15) is 4.79 Å². The van der Waals surface area contributed by atoms with Gasteiger partial charge in [0.1, 0.15) is 11.5 Å². The van der Waals surface area contributed by atoms with Gasteiger partial charge in [-0.05, 0) is 6.07 Å². The Balaban J connectivity index is 2.63. The molecule has 0 spiro atoms. The molecule has 0 atom stereocenters. The molecule has 0 fully saturated rings. The smallest absolute Gasteiger partial charge is 0.336 e. The van der Waals surface area contributed by atoms with Crippen LogP contribution in [0.2, 0.25) is 0 Å². The van der Waals surface area contributed by atoms with Gasteiger partial charge in [-0.15, -0.1) is 0 Å². The molecule has 0 bridgehead atoms. The molecular weight excluding hydrogens is 218 g/mol. The largest absolute Gasteiger partial charge is 0.478 e. The van der Waals surface area contributed by atoms with E-state index in [1.165, 1.54) is 0 Å². The molecule has 4 nitrogen and oxygen atoms in total. The van der Waals surface area contributed by atoms with Gasteiger partial charge in [-0.3, -0.25) is 0 Å². The maximum absolute atomic E-state index is 11.1. The number of hydrogen-bond acceptors (Lipinski definition) is 3. The molecule has 1 heterocycles. The lowest BCUT2D eigenvalue weighted by molar-refractivity contribution is 0.0697. The van der Waals surface area contributed by atoms with E-state index in [0.717, 1.165) is 5.76 Å². The van der Waals surface area contributed by atoms with Crippen LogP contribution in [0.25, 0.3) is 11.3 Å². The summed E-state index contributed by atoms with van der Waals surface area (Å²) in [6.07, 6.45) is 0.685. The highest BCUT2D eigenvalue weighted by Gasteiger charge is 2.17. The van der Waals surface area contributed by atoms with Gasteiger partial charge >= 0.3 is 5.97 Å². The Morgan fingerprint density at radius 3 is 2.76 bits per heavy atom. The van der Waals surface area contributed by atoms with E-state index in [0.29, 0.717) is 23.6 Å². The summed E-state index contributed by atoms with van der Waals surface area (Å²) in [5, 5.41) is 9.14. The molecule has 0 aliphatic rings. The monoisotopic (exact) mass is 231 g/mol. The van der Waals surface area contributed by atoms with Gasteiger partial charge in [0.05, 0.1) is 5.56 Å². The second-order valence-corrected chi connectivity index (χ2v) is 3.71. The first-order valence-electron chi connectivity index (χ1n) is 5.42. The molecule has 2 rings (SSSR count). The fourth-order valence-corrected chi connectivity index (χ4v) is 1.80. The van der Waals surface area contributed by atoms with Gasteiger partial charge in [-0.1, -0.05) is 25.1 Å². The third kappa shape index (κ3) is 2.06. The first kappa shape index (κ1) is 11.4. The normalized spacial score (nSPS) is 10.5. The zero-order valence-electron chi connectivity index (χ0n) is 9.73. The van der Waals surface area contributed by atoms with Crippen LogP contribution in [0.1, 0.15) is 28.9 Å². The highest BCUT2D eigenvalue weighted by molar-refractivity contribution is 5.95. The first-order valence-corrected chi connectivity index (χ1v) is 5.42. The van der Waals surface area contributed by atoms with Gasteiger partial charge < -0.3 is 9.52 Å². The molecule has 0 unspecified atom stereocenters. The Morgan fingerprint density at radius 1 is 1.41 bits per heavy atom. The number of carboxylic acid groups (broad SMARTS) is 1. The van der Waals surface area contributed by atoms with Crippen LogP contribution >= 0.6 is 0 Å². The lowest BCUT2D eigenvalue weighted by atomic mass is 10.0. The Bertz CT molecular complexity index is 558. The molecule has 0 radical (unpaired) electrons. The van der Waals surface area contributed by atoms with Crippen LogP contribution in [-0.4, -0.2) is 16.1 Å². The second kappa shape index (κ2) is 4.41. The van der Waals surface area contributed by atoms with E-state index in [2.05, 4.69) is 4.98 Å². The highest BCUT2D eigenvalue weighted by Crippen LogP contribution is 2.27. The molecule has 0 amide bonds. The molecule has 0 saturated heterocycles. The average Bonchev–Trinajstić information content (AvgIpc) is 2.70. The third-order valence-electron chi connectivity index (χ3n) is 2.54. The average molecular weight is 231 g/mol. The number of benzene rings is 1. The molecule has 17 heavy (non-hydrogen) atoms. The number of hydrogen-bond donors (Lipinski definition) is 1. The van der Waals surface area contributed by atoms with Crippen molar-refractivity contribution in [3.8, 4) is 11.3 Å². The van der Waals surface area contributed by atoms with Gasteiger partial charge in [0, 0.05) is 18.9 Å². The van der Waals surface area contributed by atoms with Crippen LogP contribution in [-0.2, 0) is 6.42 Å². The van der Waals surface area contributed by atoms with E-state index in [-0.39, 0.29) is 5.56 Å². The number of rotatable bonds is 3. The maximum Gasteiger partial charge on any atom is 0.336 e. The number of carbonyl (C=O) groups is 1. The summed E-state index contributed by atoms with van der Waals surface area (Å²) in [6, 6.07) is 6.82. The van der Waals surface area contributed by atoms with Crippen LogP contribution < -0.4 is 0 Å². The minimum atomic E-state index is -0.955. The van der Waals surface area contributed by atoms with Crippen LogP contribution in [0.3, 0.4) is 0 Å². The molecule has 0 aliphatic carbocycles. The number of aromatic nitrogens is 1. The minimum absolute atomic E-state index is 0.246. The molecule has 0 saturated carbocycles. The summed E-state index contributed by atoms with van der Waals surface area (Å²) in [7, 11) is 0. The fourth-order valence-electron chi connectivity index (χ4n) is 1.80. The van der Waals surface area contributed by atoms with Crippen LogP contribution in [0.4, 0.5) is 0 Å². The van der Waals surface area contributed by atoms with E-state index in [4.69, 9.17) is 9.52 Å². The van der Waals surface area contributed by atoms with Crippen molar-refractivity contribution in [1.29, 1.82) is 0 Å². The number of aryl methyl sites for hydroxylation is 2. The Morgan fingerprint density at radius 2 is 2.12 bits per heavy atom. The number of oxazole rings is 1. The Labute approximate surface area is 98.9 Å². The summed E-state index contributed by atoms with van der Waals surface area (Å²) >= 11 is 0. The summed E-state index contributed by atoms with van der Waals surface area (Å²) < 4.78 is 5.45. The summed E-state index contributed by atoms with van der Waals surface area (Å²) in [6.45, 7) is 3.71. The van der Waals surface area contributed by atoms with Crippen molar-refractivity contribution < 1.29 is 14.3 Å². The number of nitrogens with zero attached hydrogens (tertiary/aromatic N) is 1. The van der Waals surface area contributed by atoms with Crippen LogP contribution in [0, 0.1) is 6.92 Å². The van der Waals surface area contributed by atoms with E-state index in [1.807, 2.05) is 6.92 Å². The summed E-state index contributed by atoms with van der Waals surface area (Å²) in [5.74, 6) is 0.316. The molecule has 1 N–H and O–H groups in total. The van der Waals surface area contributed by atoms with E-state index in [1.54, 1.807) is 31.2 Å². The number of carboxylic acids is 1. The predicted octanol–water partition coefficient (Wildman–Crippen LogP) is 2.91. The molecule has 1 aromatic heterocycles. The van der Waals surface area contributed by atoms with Gasteiger partial charge in [0.15, 0.2) is 5.89 Å². The fraction of sp³-hybridized carbons (Fsp3) is 0.231. The predicted molar refractivity (Wildman–Crippen MR) is 63.0 cm³/mol. The van der Waals surface area contributed by atoms with Crippen molar-refractivity contribution in [3.05, 3.63) is 41.5 Å². The maximum atomic E-state index is 11.1. The van der Waals surface area contributed by atoms with E-state index >= 15 is 0 Å². The third-order valence-corrected chi connectivity index (χ3v) is 2.54. The van der Waals surface area contributed by atoms with Crippen molar-refractivity contribution in [2.45, 2.75) is 20.3 Å². The SMILES string of the molecule is CCc1oc(C)nc1-c1ccccc1C(=O)O. The molecule has 4 heteroatoms. The minimum Gasteiger partial charge on any atom is -0.478 e.